The molecule has 1 aromatic rings. The first-order valence-electron chi connectivity index (χ1n) is 5.62. The third kappa shape index (κ3) is 3.34. The number of ether oxygens (including phenoxy) is 1. The van der Waals surface area contributed by atoms with Gasteiger partial charge in [-0.3, -0.25) is 0 Å². The standard InChI is InChI=1S/C11H20N4O/c1-3-4-6-15(7-5-12)11-10(16-2)8-13-9-14-11/h8-9H,3-7,12H2,1-2H3. The summed E-state index contributed by atoms with van der Waals surface area (Å²) in [6.07, 6.45) is 5.48. The highest BCUT2D eigenvalue weighted by Crippen LogP contribution is 2.23. The van der Waals surface area contributed by atoms with Crippen molar-refractivity contribution in [3.05, 3.63) is 12.5 Å². The summed E-state index contributed by atoms with van der Waals surface area (Å²) in [6.45, 7) is 4.50. The molecule has 0 aliphatic heterocycles. The molecule has 0 amide bonds. The van der Waals surface area contributed by atoms with Crippen LogP contribution in [0.25, 0.3) is 0 Å². The Morgan fingerprint density at radius 2 is 2.25 bits per heavy atom. The molecule has 1 aromatic heterocycles. The first kappa shape index (κ1) is 12.7. The molecule has 0 unspecified atom stereocenters. The molecule has 0 atom stereocenters. The van der Waals surface area contributed by atoms with Crippen LogP contribution in [0.15, 0.2) is 12.5 Å². The quantitative estimate of drug-likeness (QED) is 0.750. The highest BCUT2D eigenvalue weighted by Gasteiger charge is 2.12. The van der Waals surface area contributed by atoms with E-state index in [4.69, 9.17) is 10.5 Å². The topological polar surface area (TPSA) is 64.3 Å². The van der Waals surface area contributed by atoms with Crippen molar-refractivity contribution >= 4 is 5.82 Å². The average molecular weight is 224 g/mol. The molecule has 0 saturated carbocycles. The lowest BCUT2D eigenvalue weighted by molar-refractivity contribution is 0.410. The van der Waals surface area contributed by atoms with Gasteiger partial charge in [-0.25, -0.2) is 9.97 Å². The van der Waals surface area contributed by atoms with Gasteiger partial charge < -0.3 is 15.4 Å². The molecule has 0 fully saturated rings. The van der Waals surface area contributed by atoms with Crippen molar-refractivity contribution in [3.63, 3.8) is 0 Å². The van der Waals surface area contributed by atoms with Gasteiger partial charge in [-0.2, -0.15) is 0 Å². The van der Waals surface area contributed by atoms with Gasteiger partial charge in [-0.15, -0.1) is 0 Å². The molecule has 0 saturated heterocycles. The van der Waals surface area contributed by atoms with Gasteiger partial charge >= 0.3 is 0 Å². The summed E-state index contributed by atoms with van der Waals surface area (Å²) in [4.78, 5) is 10.3. The predicted octanol–water partition coefficient (Wildman–Crippen LogP) is 1.05. The van der Waals surface area contributed by atoms with Crippen molar-refractivity contribution in [1.29, 1.82) is 0 Å². The van der Waals surface area contributed by atoms with Gasteiger partial charge in [0.15, 0.2) is 11.6 Å². The monoisotopic (exact) mass is 224 g/mol. The second kappa shape index (κ2) is 7.00. The van der Waals surface area contributed by atoms with E-state index in [0.29, 0.717) is 12.3 Å². The number of nitrogens with zero attached hydrogens (tertiary/aromatic N) is 3. The highest BCUT2D eigenvalue weighted by atomic mass is 16.5. The zero-order chi connectivity index (χ0) is 11.8. The van der Waals surface area contributed by atoms with Crippen LogP contribution < -0.4 is 15.4 Å². The molecule has 16 heavy (non-hydrogen) atoms. The van der Waals surface area contributed by atoms with Gasteiger partial charge in [0.2, 0.25) is 0 Å². The van der Waals surface area contributed by atoms with Crippen LogP contribution >= 0.6 is 0 Å². The van der Waals surface area contributed by atoms with Crippen molar-refractivity contribution < 1.29 is 4.74 Å². The Bertz CT molecular complexity index is 306. The maximum absolute atomic E-state index is 5.60. The minimum Gasteiger partial charge on any atom is -0.491 e. The van der Waals surface area contributed by atoms with E-state index < -0.39 is 0 Å². The molecule has 0 spiro atoms. The van der Waals surface area contributed by atoms with E-state index in [9.17, 15) is 0 Å². The Labute approximate surface area is 96.6 Å². The van der Waals surface area contributed by atoms with E-state index in [2.05, 4.69) is 21.8 Å². The number of hydrogen-bond acceptors (Lipinski definition) is 5. The van der Waals surface area contributed by atoms with E-state index in [-0.39, 0.29) is 0 Å². The summed E-state index contributed by atoms with van der Waals surface area (Å²) >= 11 is 0. The van der Waals surface area contributed by atoms with Crippen LogP contribution in [0.5, 0.6) is 5.75 Å². The van der Waals surface area contributed by atoms with Crippen molar-refractivity contribution in [1.82, 2.24) is 9.97 Å². The molecule has 0 aliphatic rings. The molecule has 0 radical (unpaired) electrons. The predicted molar refractivity (Wildman–Crippen MR) is 64.8 cm³/mol. The molecule has 90 valence electrons. The van der Waals surface area contributed by atoms with E-state index in [1.807, 2.05) is 0 Å². The SMILES string of the molecule is CCCCN(CCN)c1ncncc1OC. The molecule has 5 nitrogen and oxygen atoms in total. The molecule has 0 aromatic carbocycles. The van der Waals surface area contributed by atoms with Gasteiger partial charge in [0.25, 0.3) is 0 Å². The number of methoxy groups -OCH3 is 1. The second-order valence-corrected chi connectivity index (χ2v) is 3.54. The van der Waals surface area contributed by atoms with Crippen LogP contribution in [-0.4, -0.2) is 36.7 Å². The maximum atomic E-state index is 5.60. The third-order valence-corrected chi connectivity index (χ3v) is 2.36. The lowest BCUT2D eigenvalue weighted by Crippen LogP contribution is -2.31. The molecule has 1 heterocycles. The van der Waals surface area contributed by atoms with Gasteiger partial charge in [0, 0.05) is 19.6 Å². The molecular weight excluding hydrogens is 204 g/mol. The van der Waals surface area contributed by atoms with E-state index in [1.54, 1.807) is 13.3 Å². The fraction of sp³-hybridized carbons (Fsp3) is 0.636. The van der Waals surface area contributed by atoms with Crippen LogP contribution in [0.4, 0.5) is 5.82 Å². The molecular formula is C11H20N4O. The molecule has 2 N–H and O–H groups in total. The van der Waals surface area contributed by atoms with Crippen molar-refractivity contribution in [2.75, 3.05) is 31.6 Å². The van der Waals surface area contributed by atoms with Gasteiger partial charge in [-0.05, 0) is 6.42 Å². The van der Waals surface area contributed by atoms with Gasteiger partial charge in [0.1, 0.15) is 6.33 Å². The summed E-state index contributed by atoms with van der Waals surface area (Å²) in [5, 5.41) is 0. The number of unbranched alkanes of at least 4 members (excludes halogenated alkanes) is 1. The first-order chi connectivity index (χ1) is 7.83. The molecule has 0 aliphatic carbocycles. The Balaban J connectivity index is 2.81. The zero-order valence-corrected chi connectivity index (χ0v) is 10.0. The van der Waals surface area contributed by atoms with E-state index in [0.717, 1.165) is 31.7 Å². The van der Waals surface area contributed by atoms with Crippen molar-refractivity contribution in [3.8, 4) is 5.75 Å². The molecule has 5 heteroatoms. The Morgan fingerprint density at radius 3 is 2.88 bits per heavy atom. The Hall–Kier alpha value is -1.36. The maximum Gasteiger partial charge on any atom is 0.179 e. The third-order valence-electron chi connectivity index (χ3n) is 2.36. The van der Waals surface area contributed by atoms with E-state index in [1.165, 1.54) is 6.33 Å². The summed E-state index contributed by atoms with van der Waals surface area (Å²) in [5.41, 5.74) is 5.60. The largest absolute Gasteiger partial charge is 0.491 e. The molecule has 0 bridgehead atoms. The van der Waals surface area contributed by atoms with Crippen LogP contribution in [0.1, 0.15) is 19.8 Å². The minimum atomic E-state index is 0.608. The molecule has 1 rings (SSSR count). The number of rotatable bonds is 7. The van der Waals surface area contributed by atoms with Crippen molar-refractivity contribution in [2.24, 2.45) is 5.73 Å². The fourth-order valence-corrected chi connectivity index (χ4v) is 1.52. The van der Waals surface area contributed by atoms with Crippen LogP contribution in [0.3, 0.4) is 0 Å². The smallest absolute Gasteiger partial charge is 0.179 e. The highest BCUT2D eigenvalue weighted by molar-refractivity contribution is 5.50. The zero-order valence-electron chi connectivity index (χ0n) is 10.0. The number of anilines is 1. The minimum absolute atomic E-state index is 0.608. The lowest BCUT2D eigenvalue weighted by atomic mass is 10.3. The van der Waals surface area contributed by atoms with Crippen LogP contribution in [0.2, 0.25) is 0 Å². The number of aromatic nitrogens is 2. The summed E-state index contributed by atoms with van der Waals surface area (Å²) in [5.74, 6) is 1.53. The lowest BCUT2D eigenvalue weighted by Gasteiger charge is -2.24. The average Bonchev–Trinajstić information content (AvgIpc) is 2.34. The van der Waals surface area contributed by atoms with Crippen LogP contribution in [-0.2, 0) is 0 Å². The second-order valence-electron chi connectivity index (χ2n) is 3.54. The number of nitrogens with two attached hydrogens (primary N) is 1. The summed E-state index contributed by atoms with van der Waals surface area (Å²) < 4.78 is 5.25. The summed E-state index contributed by atoms with van der Waals surface area (Å²) in [6, 6.07) is 0. The van der Waals surface area contributed by atoms with E-state index >= 15 is 0 Å². The van der Waals surface area contributed by atoms with Crippen LogP contribution in [0, 0.1) is 0 Å². The normalized spacial score (nSPS) is 10.2. The van der Waals surface area contributed by atoms with Gasteiger partial charge in [0.05, 0.1) is 13.3 Å². The fourth-order valence-electron chi connectivity index (χ4n) is 1.52. The van der Waals surface area contributed by atoms with Gasteiger partial charge in [-0.1, -0.05) is 13.3 Å². The first-order valence-corrected chi connectivity index (χ1v) is 5.62. The Kier molecular flexibility index (Phi) is 5.56. The van der Waals surface area contributed by atoms with Crippen molar-refractivity contribution in [2.45, 2.75) is 19.8 Å². The Morgan fingerprint density at radius 1 is 1.44 bits per heavy atom. The number of hydrogen-bond donors (Lipinski definition) is 1. The summed E-state index contributed by atoms with van der Waals surface area (Å²) in [7, 11) is 1.63.